The first-order valence-corrected chi connectivity index (χ1v) is 22.3. The maximum Gasteiger partial charge on any atom is 0.350 e. The third kappa shape index (κ3) is 8.78. The molecule has 1 amide bonds. The van der Waals surface area contributed by atoms with Crippen molar-refractivity contribution in [1.82, 2.24) is 9.55 Å². The number of rotatable bonds is 17. The summed E-state index contributed by atoms with van der Waals surface area (Å²) in [6.07, 6.45) is 0.741. The molecule has 0 spiro atoms. The highest BCUT2D eigenvalue weighted by Gasteiger charge is 2.50. The van der Waals surface area contributed by atoms with Gasteiger partial charge in [0.05, 0.1) is 46.3 Å². The van der Waals surface area contributed by atoms with Crippen LogP contribution >= 0.6 is 0 Å². The van der Waals surface area contributed by atoms with E-state index in [0.717, 1.165) is 16.7 Å². The summed E-state index contributed by atoms with van der Waals surface area (Å²) < 4.78 is 40.8. The fourth-order valence-corrected chi connectivity index (χ4v) is 14.3. The molecule has 2 atom stereocenters. The number of carbonyl (C=O) groups excluding carboxylic acids is 1. The van der Waals surface area contributed by atoms with E-state index in [1.54, 1.807) is 50.7 Å². The van der Waals surface area contributed by atoms with Crippen LogP contribution in [0.15, 0.2) is 120 Å². The molecular weight excluding hydrogens is 763 g/mol. The van der Waals surface area contributed by atoms with Gasteiger partial charge in [0.1, 0.15) is 22.7 Å². The van der Waals surface area contributed by atoms with Crippen molar-refractivity contribution in [3.05, 3.63) is 148 Å². The molecule has 0 saturated carbocycles. The number of benzene rings is 4. The van der Waals surface area contributed by atoms with Crippen molar-refractivity contribution in [2.75, 3.05) is 40.6 Å². The van der Waals surface area contributed by atoms with Crippen LogP contribution in [0, 0.1) is 0 Å². The Morgan fingerprint density at radius 3 is 1.86 bits per heavy atom. The van der Waals surface area contributed by atoms with Gasteiger partial charge in [-0.15, -0.1) is 0 Å². The largest absolute Gasteiger partial charge is 0.497 e. The summed E-state index contributed by atoms with van der Waals surface area (Å²) in [4.78, 5) is 30.5. The summed E-state index contributed by atoms with van der Waals surface area (Å²) in [5.74, 6) is 0.811. The first kappa shape index (κ1) is 43.5. The predicted molar refractivity (Wildman–Crippen MR) is 231 cm³/mol. The zero-order valence-corrected chi connectivity index (χ0v) is 36.3. The van der Waals surface area contributed by atoms with Crippen LogP contribution in [-0.4, -0.2) is 70.0 Å². The van der Waals surface area contributed by atoms with Crippen molar-refractivity contribution < 1.29 is 32.9 Å². The number of nitrogens with two attached hydrogens (primary N) is 1. The van der Waals surface area contributed by atoms with Gasteiger partial charge in [-0.05, 0) is 69.7 Å². The van der Waals surface area contributed by atoms with Gasteiger partial charge in [-0.25, -0.2) is 4.79 Å². The fraction of sp³-hybridized carbons (Fsp3) is 0.383. The Balaban J connectivity index is 1.47. The molecule has 1 aliphatic heterocycles. The highest BCUT2D eigenvalue weighted by molar-refractivity contribution is 6.77. The number of amides is 1. The minimum atomic E-state index is -2.46. The van der Waals surface area contributed by atoms with E-state index in [9.17, 15) is 9.59 Å². The lowest BCUT2D eigenvalue weighted by Gasteiger charge is -2.48. The Kier molecular flexibility index (Phi) is 13.6. The number of ether oxygens (including phenoxy) is 5. The lowest BCUT2D eigenvalue weighted by molar-refractivity contribution is -0.259. The summed E-state index contributed by atoms with van der Waals surface area (Å²) >= 11 is 0. The molecule has 1 aliphatic rings. The number of primary amides is 1. The molecule has 312 valence electrons. The molecule has 0 aliphatic carbocycles. The van der Waals surface area contributed by atoms with Crippen molar-refractivity contribution in [2.45, 2.75) is 75.6 Å². The first-order chi connectivity index (χ1) is 28.3. The number of hydrogen-bond acceptors (Lipinski definition) is 9. The Morgan fingerprint density at radius 1 is 0.797 bits per heavy atom. The summed E-state index contributed by atoms with van der Waals surface area (Å²) in [6.45, 7) is 13.9. The van der Waals surface area contributed by atoms with E-state index >= 15 is 0 Å². The number of carbonyl (C=O) groups is 1. The zero-order valence-electron chi connectivity index (χ0n) is 35.3. The van der Waals surface area contributed by atoms with E-state index in [2.05, 4.69) is 58.7 Å². The number of nitrogens with zero attached hydrogens (tertiary/aromatic N) is 2. The van der Waals surface area contributed by atoms with E-state index in [-0.39, 0.29) is 32.0 Å². The van der Waals surface area contributed by atoms with Gasteiger partial charge in [0.25, 0.3) is 0 Å². The van der Waals surface area contributed by atoms with Crippen LogP contribution in [0.2, 0.25) is 16.6 Å². The van der Waals surface area contributed by atoms with Gasteiger partial charge >= 0.3 is 5.69 Å². The average molecular weight is 820 g/mol. The predicted octanol–water partition coefficient (Wildman–Crippen LogP) is 8.51. The number of methoxy groups -OCH3 is 2. The van der Waals surface area contributed by atoms with Crippen LogP contribution < -0.4 is 20.9 Å². The third-order valence-corrected chi connectivity index (χ3v) is 17.7. The number of hydrogen-bond donors (Lipinski definition) is 1. The van der Waals surface area contributed by atoms with Gasteiger partial charge in [-0.2, -0.15) is 4.98 Å². The van der Waals surface area contributed by atoms with Gasteiger partial charge in [0.2, 0.25) is 5.91 Å². The Labute approximate surface area is 348 Å². The van der Waals surface area contributed by atoms with E-state index in [1.807, 2.05) is 66.7 Å². The topological polar surface area (TPSA) is 133 Å². The average Bonchev–Trinajstić information content (AvgIpc) is 3.24. The molecule has 2 N–H and O–H groups in total. The van der Waals surface area contributed by atoms with Crippen molar-refractivity contribution in [1.29, 1.82) is 0 Å². The fourth-order valence-electron chi connectivity index (χ4n) is 8.81. The van der Waals surface area contributed by atoms with E-state index in [1.165, 1.54) is 4.57 Å². The molecule has 2 heterocycles. The molecule has 4 aromatic carbocycles. The maximum absolute atomic E-state index is 13.9. The molecule has 11 nitrogen and oxygen atoms in total. The molecule has 1 fully saturated rings. The van der Waals surface area contributed by atoms with Crippen LogP contribution in [0.5, 0.6) is 11.5 Å². The number of aromatic nitrogens is 2. The molecule has 59 heavy (non-hydrogen) atoms. The molecule has 5 aromatic rings. The lowest BCUT2D eigenvalue weighted by atomic mass is 9.79. The summed E-state index contributed by atoms with van der Waals surface area (Å²) in [7, 11) is 0.828. The van der Waals surface area contributed by atoms with Gasteiger partial charge in [0, 0.05) is 17.3 Å². The molecule has 1 saturated heterocycles. The summed E-state index contributed by atoms with van der Waals surface area (Å²) in [5.41, 5.74) is 7.31. The summed E-state index contributed by atoms with van der Waals surface area (Å²) in [5, 5.41) is 0. The van der Waals surface area contributed by atoms with Crippen molar-refractivity contribution >= 4 is 14.2 Å². The first-order valence-electron chi connectivity index (χ1n) is 20.2. The minimum absolute atomic E-state index is 0.0153. The second kappa shape index (κ2) is 18.4. The highest BCUT2D eigenvalue weighted by Crippen LogP contribution is 2.46. The highest BCUT2D eigenvalue weighted by atomic mass is 28.4. The Bertz CT molecular complexity index is 2160. The van der Waals surface area contributed by atoms with Crippen LogP contribution in [0.25, 0.3) is 11.3 Å². The molecule has 12 heteroatoms. The third-order valence-electron chi connectivity index (χ3n) is 11.6. The second-order valence-corrected chi connectivity index (χ2v) is 21.5. The van der Waals surface area contributed by atoms with Crippen molar-refractivity contribution in [3.63, 3.8) is 0 Å². The lowest BCUT2D eigenvalue weighted by Crippen LogP contribution is -2.58. The van der Waals surface area contributed by atoms with Crippen LogP contribution in [0.3, 0.4) is 0 Å². The SMILES string of the molecule is COc1ccc(C(OC[C@]2(CO[Si](C(C)C)(C(C)C)C(C)C)COC[C@H](n3ccc(-c4ccccc4C(N)=O)nc3=O)O2)(c2ccccc2)c2ccc(OC)cc2)cc1. The van der Waals surface area contributed by atoms with Crippen LogP contribution in [-0.2, 0) is 24.2 Å². The van der Waals surface area contributed by atoms with E-state index in [0.29, 0.717) is 39.4 Å². The second-order valence-electron chi connectivity index (χ2n) is 16.1. The van der Waals surface area contributed by atoms with Crippen LogP contribution in [0.4, 0.5) is 0 Å². The smallest absolute Gasteiger partial charge is 0.350 e. The molecule has 0 radical (unpaired) electrons. The Hall–Kier alpha value is -5.11. The van der Waals surface area contributed by atoms with E-state index in [4.69, 9.17) is 33.8 Å². The van der Waals surface area contributed by atoms with Crippen molar-refractivity contribution in [2.24, 2.45) is 5.73 Å². The molecule has 0 bridgehead atoms. The maximum atomic E-state index is 13.9. The quantitative estimate of drug-likeness (QED) is 0.0724. The molecule has 0 unspecified atom stereocenters. The van der Waals surface area contributed by atoms with Gasteiger partial charge in [-0.3, -0.25) is 9.36 Å². The van der Waals surface area contributed by atoms with Crippen molar-refractivity contribution in [3.8, 4) is 22.8 Å². The van der Waals surface area contributed by atoms with Gasteiger partial charge in [-0.1, -0.05) is 114 Å². The minimum Gasteiger partial charge on any atom is -0.497 e. The monoisotopic (exact) mass is 819 g/mol. The van der Waals surface area contributed by atoms with Gasteiger partial charge < -0.3 is 33.8 Å². The zero-order chi connectivity index (χ0) is 42.4. The van der Waals surface area contributed by atoms with Gasteiger partial charge in [0.15, 0.2) is 14.5 Å². The summed E-state index contributed by atoms with van der Waals surface area (Å²) in [6, 6.07) is 34.3. The standard InChI is InChI=1S/C47H57N3O8Si/c1-32(2)59(33(3)4,34(5)6)57-31-46(29-55-28-43(58-46)50-27-26-42(49-45(50)52)40-16-12-13-17-41(40)44(48)51)30-56-47(35-14-10-9-11-15-35,36-18-22-38(53-7)23-19-36)37-20-24-39(54-8)25-21-37/h9-27,32-34,43H,28-31H2,1-8H3,(H2,48,51)/t43-,46+/m1/s1. The molecule has 1 aromatic heterocycles. The molecular formula is C47H57N3O8Si. The normalized spacial score (nSPS) is 17.4. The Morgan fingerprint density at radius 2 is 1.34 bits per heavy atom. The molecule has 6 rings (SSSR count). The van der Waals surface area contributed by atoms with E-state index < -0.39 is 37.3 Å². The van der Waals surface area contributed by atoms with Crippen LogP contribution in [0.1, 0.15) is 74.8 Å².